The maximum Gasteiger partial charge on any atom is 0.0486 e. The second-order valence-electron chi connectivity index (χ2n) is 9.46. The molecule has 0 aliphatic carbocycles. The number of aromatic nitrogens is 2. The topological polar surface area (TPSA) is 21.1 Å². The van der Waals surface area contributed by atoms with E-state index in [2.05, 4.69) is 85.7 Å². The molecule has 4 heterocycles. The first kappa shape index (κ1) is 17.9. The fraction of sp³-hybridized carbons (Fsp3) is 0.480. The third-order valence-corrected chi connectivity index (χ3v) is 7.49. The first-order chi connectivity index (χ1) is 13.4. The van der Waals surface area contributed by atoms with Crippen molar-refractivity contribution in [3.63, 3.8) is 0 Å². The van der Waals surface area contributed by atoms with E-state index in [0.717, 1.165) is 18.7 Å². The molecular weight excluding hydrogens is 342 g/mol. The molecule has 0 spiro atoms. The van der Waals surface area contributed by atoms with Crippen LogP contribution in [0.25, 0.3) is 10.9 Å². The zero-order valence-electron chi connectivity index (χ0n) is 17.8. The van der Waals surface area contributed by atoms with Gasteiger partial charge in [0.1, 0.15) is 0 Å². The molecule has 0 radical (unpaired) electrons. The Morgan fingerprint density at radius 3 is 2.79 bits per heavy atom. The van der Waals surface area contributed by atoms with Gasteiger partial charge in [0.25, 0.3) is 0 Å². The number of aryl methyl sites for hydroxylation is 2. The van der Waals surface area contributed by atoms with E-state index in [9.17, 15) is 0 Å². The highest BCUT2D eigenvalue weighted by molar-refractivity contribution is 5.87. The molecule has 1 saturated heterocycles. The fourth-order valence-corrected chi connectivity index (χ4v) is 5.57. The predicted molar refractivity (Wildman–Crippen MR) is 116 cm³/mol. The summed E-state index contributed by atoms with van der Waals surface area (Å²) in [5, 5.41) is 1.48. The van der Waals surface area contributed by atoms with Crippen LogP contribution in [0.4, 0.5) is 0 Å². The van der Waals surface area contributed by atoms with Gasteiger partial charge in [-0.1, -0.05) is 24.6 Å². The van der Waals surface area contributed by atoms with E-state index in [1.807, 2.05) is 0 Å². The minimum atomic E-state index is 0.299. The van der Waals surface area contributed by atoms with Gasteiger partial charge in [0.05, 0.1) is 0 Å². The Bertz CT molecular complexity index is 1050. The molecule has 1 fully saturated rings. The number of benzene rings is 1. The zero-order chi connectivity index (χ0) is 19.6. The maximum absolute atomic E-state index is 4.53. The lowest BCUT2D eigenvalue weighted by molar-refractivity contribution is 0.133. The summed E-state index contributed by atoms with van der Waals surface area (Å²) in [5.74, 6) is 0.444. The van der Waals surface area contributed by atoms with E-state index in [-0.39, 0.29) is 0 Å². The van der Waals surface area contributed by atoms with Crippen molar-refractivity contribution in [2.75, 3.05) is 7.05 Å². The molecule has 0 N–H and O–H groups in total. The molecule has 2 bridgehead atoms. The van der Waals surface area contributed by atoms with Crippen molar-refractivity contribution in [3.8, 4) is 0 Å². The minimum Gasteiger partial charge on any atom is -0.344 e. The SMILES string of the molecule is Cc1ccc2c(c1)c1c(n2CC(C)c2ccc(C)nc2)CC2(C)CCC1N2C. The van der Waals surface area contributed by atoms with E-state index in [1.165, 1.54) is 34.9 Å². The van der Waals surface area contributed by atoms with Gasteiger partial charge >= 0.3 is 0 Å². The summed E-state index contributed by atoms with van der Waals surface area (Å²) in [4.78, 5) is 7.18. The van der Waals surface area contributed by atoms with E-state index >= 15 is 0 Å². The first-order valence-electron chi connectivity index (χ1n) is 10.6. The average Bonchev–Trinajstić information content (AvgIpc) is 3.03. The number of pyridine rings is 1. The Balaban J connectivity index is 1.64. The summed E-state index contributed by atoms with van der Waals surface area (Å²) in [6.07, 6.45) is 5.79. The summed E-state index contributed by atoms with van der Waals surface area (Å²) in [5.41, 5.74) is 8.66. The Morgan fingerprint density at radius 1 is 1.21 bits per heavy atom. The molecule has 2 aromatic heterocycles. The Morgan fingerprint density at radius 2 is 2.04 bits per heavy atom. The highest BCUT2D eigenvalue weighted by atomic mass is 15.2. The van der Waals surface area contributed by atoms with Crippen molar-refractivity contribution < 1.29 is 0 Å². The van der Waals surface area contributed by atoms with Crippen molar-refractivity contribution in [2.24, 2.45) is 0 Å². The molecule has 0 amide bonds. The Kier molecular flexibility index (Phi) is 3.96. The van der Waals surface area contributed by atoms with Crippen molar-refractivity contribution in [3.05, 3.63) is 64.6 Å². The summed E-state index contributed by atoms with van der Waals surface area (Å²) in [6, 6.07) is 12.0. The van der Waals surface area contributed by atoms with Gasteiger partial charge in [-0.15, -0.1) is 0 Å². The Hall–Kier alpha value is -2.13. The number of hydrogen-bond acceptors (Lipinski definition) is 2. The average molecular weight is 374 g/mol. The van der Waals surface area contributed by atoms with Gasteiger partial charge in [0.15, 0.2) is 0 Å². The van der Waals surface area contributed by atoms with Crippen LogP contribution in [0, 0.1) is 13.8 Å². The highest BCUT2D eigenvalue weighted by Crippen LogP contribution is 2.52. The number of rotatable bonds is 3. The molecule has 0 saturated carbocycles. The minimum absolute atomic E-state index is 0.299. The van der Waals surface area contributed by atoms with Crippen molar-refractivity contribution in [1.29, 1.82) is 0 Å². The molecule has 146 valence electrons. The van der Waals surface area contributed by atoms with Crippen LogP contribution in [0.3, 0.4) is 0 Å². The molecule has 3 heteroatoms. The first-order valence-corrected chi connectivity index (χ1v) is 10.6. The molecular formula is C25H31N3. The molecule has 3 atom stereocenters. The quantitative estimate of drug-likeness (QED) is 0.601. The summed E-state index contributed by atoms with van der Waals surface area (Å²) in [7, 11) is 2.33. The molecule has 1 aromatic carbocycles. The summed E-state index contributed by atoms with van der Waals surface area (Å²) < 4.78 is 2.64. The normalized spacial score (nSPS) is 25.2. The number of likely N-dealkylation sites (N-methyl/N-ethyl adjacent to an activating group) is 1. The van der Waals surface area contributed by atoms with Crippen LogP contribution in [-0.4, -0.2) is 27.0 Å². The molecule has 3 unspecified atom stereocenters. The van der Waals surface area contributed by atoms with Gasteiger partial charge < -0.3 is 4.57 Å². The van der Waals surface area contributed by atoms with Crippen LogP contribution in [0.5, 0.6) is 0 Å². The van der Waals surface area contributed by atoms with E-state index in [4.69, 9.17) is 0 Å². The van der Waals surface area contributed by atoms with Crippen molar-refractivity contribution >= 4 is 10.9 Å². The monoisotopic (exact) mass is 373 g/mol. The lowest BCUT2D eigenvalue weighted by Crippen LogP contribution is -2.45. The largest absolute Gasteiger partial charge is 0.344 e. The van der Waals surface area contributed by atoms with Crippen LogP contribution >= 0.6 is 0 Å². The number of fused-ring (bicyclic) bond motifs is 6. The number of nitrogens with zero attached hydrogens (tertiary/aromatic N) is 3. The van der Waals surface area contributed by atoms with Crippen molar-refractivity contribution in [2.45, 2.75) is 71.0 Å². The van der Waals surface area contributed by atoms with Crippen LogP contribution in [-0.2, 0) is 13.0 Å². The Labute approximate surface area is 168 Å². The predicted octanol–water partition coefficient (Wildman–Crippen LogP) is 5.54. The van der Waals surface area contributed by atoms with Gasteiger partial charge in [0, 0.05) is 59.0 Å². The molecule has 28 heavy (non-hydrogen) atoms. The lowest BCUT2D eigenvalue weighted by atomic mass is 9.89. The van der Waals surface area contributed by atoms with Crippen LogP contribution in [0.2, 0.25) is 0 Å². The van der Waals surface area contributed by atoms with Crippen LogP contribution < -0.4 is 0 Å². The third kappa shape index (κ3) is 2.56. The van der Waals surface area contributed by atoms with E-state index in [1.54, 1.807) is 11.3 Å². The molecule has 2 aliphatic heterocycles. The zero-order valence-corrected chi connectivity index (χ0v) is 17.8. The lowest BCUT2D eigenvalue weighted by Gasteiger charge is -2.40. The molecule has 3 nitrogen and oxygen atoms in total. The van der Waals surface area contributed by atoms with Gasteiger partial charge in [-0.25, -0.2) is 0 Å². The fourth-order valence-electron chi connectivity index (χ4n) is 5.57. The highest BCUT2D eigenvalue weighted by Gasteiger charge is 2.48. The molecule has 3 aromatic rings. The van der Waals surface area contributed by atoms with Crippen LogP contribution in [0.15, 0.2) is 36.5 Å². The van der Waals surface area contributed by atoms with Gasteiger partial charge in [0.2, 0.25) is 0 Å². The van der Waals surface area contributed by atoms with Gasteiger partial charge in [-0.3, -0.25) is 9.88 Å². The standard InChI is InChI=1S/C25H31N3/c1-16-6-9-21-20(12-16)24-22-10-11-25(4,27(22)5)13-23(24)28(21)15-17(2)19-8-7-18(3)26-14-19/h6-9,12,14,17,22H,10-11,13,15H2,1-5H3. The van der Waals surface area contributed by atoms with E-state index in [0.29, 0.717) is 17.5 Å². The summed E-state index contributed by atoms with van der Waals surface area (Å²) >= 11 is 0. The van der Waals surface area contributed by atoms with E-state index < -0.39 is 0 Å². The smallest absolute Gasteiger partial charge is 0.0486 e. The van der Waals surface area contributed by atoms with Crippen LogP contribution in [0.1, 0.15) is 66.7 Å². The number of hydrogen-bond donors (Lipinski definition) is 0. The van der Waals surface area contributed by atoms with Crippen molar-refractivity contribution in [1.82, 2.24) is 14.5 Å². The second kappa shape index (κ2) is 6.18. The summed E-state index contributed by atoms with van der Waals surface area (Å²) in [6.45, 7) is 10.1. The molecule has 5 rings (SSSR count). The van der Waals surface area contributed by atoms with Gasteiger partial charge in [-0.05, 0) is 70.0 Å². The third-order valence-electron chi connectivity index (χ3n) is 7.49. The molecule has 2 aliphatic rings. The van der Waals surface area contributed by atoms with Gasteiger partial charge in [-0.2, -0.15) is 0 Å². The maximum atomic E-state index is 4.53. The second-order valence-corrected chi connectivity index (χ2v) is 9.46.